The third-order valence-corrected chi connectivity index (χ3v) is 4.10. The van der Waals surface area contributed by atoms with Gasteiger partial charge in [-0.1, -0.05) is 72.8 Å². The molecule has 0 heterocycles. The van der Waals surface area contributed by atoms with Gasteiger partial charge in [0, 0.05) is 0 Å². The van der Waals surface area contributed by atoms with Gasteiger partial charge >= 0.3 is 0 Å². The minimum absolute atomic E-state index is 1.03. The van der Waals surface area contributed by atoms with Crippen LogP contribution in [0.25, 0.3) is 10.8 Å². The fraction of sp³-hybridized carbons (Fsp3) is 0. The van der Waals surface area contributed by atoms with Crippen molar-refractivity contribution in [3.8, 4) is 0 Å². The van der Waals surface area contributed by atoms with Crippen LogP contribution >= 0.6 is 0 Å². The molecule has 0 aliphatic carbocycles. The molecule has 2 nitrogen and oxygen atoms in total. The van der Waals surface area contributed by atoms with Gasteiger partial charge in [-0.2, -0.15) is 5.10 Å². The summed E-state index contributed by atoms with van der Waals surface area (Å²) in [7, 11) is 0. The molecule has 0 saturated heterocycles. The molecule has 0 bridgehead atoms. The third kappa shape index (κ3) is 3.43. The number of hydrogen-bond acceptors (Lipinski definition) is 2. The van der Waals surface area contributed by atoms with Crippen LogP contribution in [0.4, 0.5) is 11.4 Å². The molecule has 4 aromatic carbocycles. The number of para-hydroxylation sites is 2. The highest BCUT2D eigenvalue weighted by Crippen LogP contribution is 2.25. The normalized spacial score (nSPS) is 11.0. The number of hydrazone groups is 1. The van der Waals surface area contributed by atoms with E-state index in [1.807, 2.05) is 47.6 Å². The minimum atomic E-state index is 1.03. The van der Waals surface area contributed by atoms with Gasteiger partial charge < -0.3 is 0 Å². The summed E-state index contributed by atoms with van der Waals surface area (Å²) in [5, 5.41) is 9.16. The van der Waals surface area contributed by atoms with E-state index in [4.69, 9.17) is 5.10 Å². The lowest BCUT2D eigenvalue weighted by Gasteiger charge is -2.19. The SMILES string of the molecule is C(=NN(c1ccccc1)c1ccccc1)c1ccc2ccccc2c1. The summed E-state index contributed by atoms with van der Waals surface area (Å²) in [5.41, 5.74) is 3.15. The minimum Gasteiger partial charge on any atom is -0.234 e. The fourth-order valence-electron chi connectivity index (χ4n) is 2.83. The molecule has 0 unspecified atom stereocenters. The van der Waals surface area contributed by atoms with E-state index in [9.17, 15) is 0 Å². The van der Waals surface area contributed by atoms with Crippen molar-refractivity contribution in [2.24, 2.45) is 5.10 Å². The number of rotatable bonds is 4. The molecule has 0 N–H and O–H groups in total. The van der Waals surface area contributed by atoms with Crippen LogP contribution in [-0.2, 0) is 0 Å². The van der Waals surface area contributed by atoms with Crippen molar-refractivity contribution < 1.29 is 0 Å². The lowest BCUT2D eigenvalue weighted by atomic mass is 10.1. The van der Waals surface area contributed by atoms with Gasteiger partial charge in [-0.3, -0.25) is 0 Å². The van der Waals surface area contributed by atoms with E-state index in [1.54, 1.807) is 0 Å². The average molecular weight is 322 g/mol. The van der Waals surface area contributed by atoms with Crippen LogP contribution in [0, 0.1) is 0 Å². The van der Waals surface area contributed by atoms with E-state index in [-0.39, 0.29) is 0 Å². The molecule has 25 heavy (non-hydrogen) atoms. The standard InChI is InChI=1S/C23H18N2/c1-3-11-22(12-4-1)25(23-13-5-2-6-14-23)24-18-19-15-16-20-9-7-8-10-21(20)17-19/h1-18H. The lowest BCUT2D eigenvalue weighted by Crippen LogP contribution is -2.09. The predicted molar refractivity (Wildman–Crippen MR) is 107 cm³/mol. The molecule has 0 amide bonds. The van der Waals surface area contributed by atoms with Crippen LogP contribution < -0.4 is 5.01 Å². The van der Waals surface area contributed by atoms with Crippen LogP contribution in [0.15, 0.2) is 108 Å². The Bertz CT molecular complexity index is 952. The van der Waals surface area contributed by atoms with E-state index in [1.165, 1.54) is 10.8 Å². The Balaban J connectivity index is 1.71. The second-order valence-electron chi connectivity index (χ2n) is 5.83. The van der Waals surface area contributed by atoms with Crippen molar-refractivity contribution in [2.45, 2.75) is 0 Å². The van der Waals surface area contributed by atoms with Gasteiger partial charge in [-0.15, -0.1) is 0 Å². The summed E-state index contributed by atoms with van der Waals surface area (Å²) in [4.78, 5) is 0. The molecule has 0 saturated carbocycles. The van der Waals surface area contributed by atoms with E-state index >= 15 is 0 Å². The number of hydrogen-bond donors (Lipinski definition) is 0. The van der Waals surface area contributed by atoms with Crippen molar-refractivity contribution in [3.05, 3.63) is 109 Å². The largest absolute Gasteiger partial charge is 0.234 e. The predicted octanol–water partition coefficient (Wildman–Crippen LogP) is 6.01. The lowest BCUT2D eigenvalue weighted by molar-refractivity contribution is 1.09. The molecule has 2 heteroatoms. The second-order valence-corrected chi connectivity index (χ2v) is 5.83. The Labute approximate surface area is 147 Å². The zero-order valence-corrected chi connectivity index (χ0v) is 13.8. The topological polar surface area (TPSA) is 15.6 Å². The van der Waals surface area contributed by atoms with Gasteiger partial charge in [0.2, 0.25) is 0 Å². The first-order valence-electron chi connectivity index (χ1n) is 8.33. The average Bonchev–Trinajstić information content (AvgIpc) is 2.70. The molecule has 0 aliphatic rings. The zero-order valence-electron chi connectivity index (χ0n) is 13.8. The molecule has 0 atom stereocenters. The molecular formula is C23H18N2. The van der Waals surface area contributed by atoms with Crippen LogP contribution in [0.2, 0.25) is 0 Å². The smallest absolute Gasteiger partial charge is 0.0652 e. The third-order valence-electron chi connectivity index (χ3n) is 4.10. The summed E-state index contributed by atoms with van der Waals surface area (Å²) < 4.78 is 0. The molecule has 0 spiro atoms. The Hall–Kier alpha value is -3.39. The van der Waals surface area contributed by atoms with Gasteiger partial charge in [0.25, 0.3) is 0 Å². The highest BCUT2D eigenvalue weighted by atomic mass is 15.5. The van der Waals surface area contributed by atoms with Crippen LogP contribution in [-0.4, -0.2) is 6.21 Å². The highest BCUT2D eigenvalue weighted by molar-refractivity contribution is 5.91. The Morgan fingerprint density at radius 3 is 1.76 bits per heavy atom. The molecule has 120 valence electrons. The Kier molecular flexibility index (Phi) is 4.25. The number of fused-ring (bicyclic) bond motifs is 1. The molecule has 4 rings (SSSR count). The van der Waals surface area contributed by atoms with Crippen molar-refractivity contribution in [2.75, 3.05) is 5.01 Å². The summed E-state index contributed by atoms with van der Waals surface area (Å²) in [6, 6.07) is 35.1. The highest BCUT2D eigenvalue weighted by Gasteiger charge is 2.06. The van der Waals surface area contributed by atoms with Gasteiger partial charge in [0.05, 0.1) is 17.6 Å². The van der Waals surface area contributed by atoms with Crippen LogP contribution in [0.3, 0.4) is 0 Å². The molecule has 0 radical (unpaired) electrons. The van der Waals surface area contributed by atoms with Crippen LogP contribution in [0.5, 0.6) is 0 Å². The van der Waals surface area contributed by atoms with Crippen molar-refractivity contribution >= 4 is 28.4 Å². The number of anilines is 2. The molecule has 0 fully saturated rings. The van der Waals surface area contributed by atoms with E-state index < -0.39 is 0 Å². The van der Waals surface area contributed by atoms with Crippen LogP contribution in [0.1, 0.15) is 5.56 Å². The maximum absolute atomic E-state index is 4.75. The molecule has 0 aromatic heterocycles. The van der Waals surface area contributed by atoms with Crippen molar-refractivity contribution in [1.82, 2.24) is 0 Å². The second kappa shape index (κ2) is 7.02. The summed E-state index contributed by atoms with van der Waals surface area (Å²) in [5.74, 6) is 0. The Morgan fingerprint density at radius 1 is 0.560 bits per heavy atom. The summed E-state index contributed by atoms with van der Waals surface area (Å²) in [6.45, 7) is 0. The van der Waals surface area contributed by atoms with Gasteiger partial charge in [0.15, 0.2) is 0 Å². The fourth-order valence-corrected chi connectivity index (χ4v) is 2.83. The summed E-state index contributed by atoms with van der Waals surface area (Å²) >= 11 is 0. The van der Waals surface area contributed by atoms with E-state index in [0.29, 0.717) is 0 Å². The van der Waals surface area contributed by atoms with Crippen molar-refractivity contribution in [1.29, 1.82) is 0 Å². The van der Waals surface area contributed by atoms with Gasteiger partial charge in [-0.05, 0) is 46.7 Å². The van der Waals surface area contributed by atoms with E-state index in [0.717, 1.165) is 16.9 Å². The first-order valence-corrected chi connectivity index (χ1v) is 8.33. The zero-order chi connectivity index (χ0) is 16.9. The first-order chi connectivity index (χ1) is 12.4. The van der Waals surface area contributed by atoms with Gasteiger partial charge in [0.1, 0.15) is 0 Å². The number of nitrogens with zero attached hydrogens (tertiary/aromatic N) is 2. The Morgan fingerprint density at radius 2 is 1.12 bits per heavy atom. The molecule has 0 aliphatic heterocycles. The molecular weight excluding hydrogens is 304 g/mol. The van der Waals surface area contributed by atoms with Crippen molar-refractivity contribution in [3.63, 3.8) is 0 Å². The number of benzene rings is 4. The summed E-state index contributed by atoms with van der Waals surface area (Å²) in [6.07, 6.45) is 1.91. The maximum atomic E-state index is 4.75. The van der Waals surface area contributed by atoms with E-state index in [2.05, 4.69) is 66.7 Å². The van der Waals surface area contributed by atoms with Gasteiger partial charge in [-0.25, -0.2) is 5.01 Å². The molecule has 4 aromatic rings. The maximum Gasteiger partial charge on any atom is 0.0652 e. The monoisotopic (exact) mass is 322 g/mol. The quantitative estimate of drug-likeness (QED) is 0.332. The first kappa shape index (κ1) is 15.2.